The summed E-state index contributed by atoms with van der Waals surface area (Å²) in [5.74, 6) is -1.62. The normalized spacial score (nSPS) is 9.06. The van der Waals surface area contributed by atoms with Crippen molar-refractivity contribution in [3.63, 3.8) is 0 Å². The molecule has 0 unspecified atom stereocenters. The number of halogens is 2. The van der Waals surface area contributed by atoms with E-state index in [4.69, 9.17) is 15.2 Å². The Kier molecular flexibility index (Phi) is 6.81. The Morgan fingerprint density at radius 2 is 1.81 bits per heavy atom. The zero-order valence-electron chi connectivity index (χ0n) is 7.88. The van der Waals surface area contributed by atoms with Crippen molar-refractivity contribution in [2.45, 2.75) is 6.61 Å². The topological polar surface area (TPSA) is 87.0 Å². The first kappa shape index (κ1) is 14.3. The van der Waals surface area contributed by atoms with Crippen molar-refractivity contribution in [1.29, 1.82) is 0 Å². The van der Waals surface area contributed by atoms with Gasteiger partial charge in [-0.1, -0.05) is 12.1 Å². The molecule has 0 amide bonds. The van der Waals surface area contributed by atoms with Crippen LogP contribution in [0.2, 0.25) is 0 Å². The molecule has 3 N–H and O–H groups in total. The second-order valence-corrected chi connectivity index (χ2v) is 2.30. The predicted octanol–water partition coefficient (Wildman–Crippen LogP) is 0.491. The molecule has 0 fully saturated rings. The van der Waals surface area contributed by atoms with Crippen LogP contribution in [0.15, 0.2) is 24.3 Å². The van der Waals surface area contributed by atoms with Crippen LogP contribution in [0.25, 0.3) is 0 Å². The maximum atomic E-state index is 11.7. The van der Waals surface area contributed by atoms with Crippen molar-refractivity contribution >= 4 is 13.7 Å². The van der Waals surface area contributed by atoms with Crippen LogP contribution in [0.4, 0.5) is 8.78 Å². The molecule has 0 spiro atoms. The van der Waals surface area contributed by atoms with Gasteiger partial charge in [0.2, 0.25) is 0 Å². The van der Waals surface area contributed by atoms with E-state index in [2.05, 4.69) is 4.74 Å². The predicted molar refractivity (Wildman–Crippen MR) is 50.2 cm³/mol. The molecule has 0 aliphatic heterocycles. The third kappa shape index (κ3) is 5.27. The Bertz CT molecular complexity index is 334. The van der Waals surface area contributed by atoms with Crippen LogP contribution in [-0.2, 0) is 0 Å². The molecule has 1 radical (unpaired) electrons. The van der Waals surface area contributed by atoms with E-state index in [0.717, 1.165) is 0 Å². The lowest BCUT2D eigenvalue weighted by Crippen LogP contribution is -2.07. The highest BCUT2D eigenvalue weighted by atomic mass is 19.3. The van der Waals surface area contributed by atoms with Crippen LogP contribution in [0.1, 0.15) is 10.4 Å². The van der Waals surface area contributed by atoms with E-state index in [9.17, 15) is 13.6 Å². The number of ether oxygens (including phenoxy) is 1. The molecule has 0 saturated carbocycles. The lowest BCUT2D eigenvalue weighted by atomic mass is 10.2. The highest BCUT2D eigenvalue weighted by Crippen LogP contribution is 2.19. The van der Waals surface area contributed by atoms with Crippen LogP contribution in [0.3, 0.4) is 0 Å². The Labute approximate surface area is 90.2 Å². The summed E-state index contributed by atoms with van der Waals surface area (Å²) in [6.45, 7) is -3.01. The summed E-state index contributed by atoms with van der Waals surface area (Å²) in [5, 5.41) is 22.6. The summed E-state index contributed by atoms with van der Waals surface area (Å²) in [4.78, 5) is 10.5. The number of carbonyl (C=O) groups is 1. The number of para-hydroxylation sites is 1. The van der Waals surface area contributed by atoms with Crippen LogP contribution in [-0.4, -0.2) is 35.4 Å². The van der Waals surface area contributed by atoms with Crippen LogP contribution in [0, 0.1) is 0 Å². The van der Waals surface area contributed by atoms with Gasteiger partial charge in [0.15, 0.2) is 0 Å². The second kappa shape index (κ2) is 7.60. The number of hydrogen-bond acceptors (Lipinski definition) is 4. The van der Waals surface area contributed by atoms with Gasteiger partial charge in [-0.05, 0) is 12.1 Å². The Balaban J connectivity index is 0.000000673. The molecule has 0 aliphatic carbocycles. The van der Waals surface area contributed by atoms with Crippen molar-refractivity contribution < 1.29 is 33.5 Å². The van der Waals surface area contributed by atoms with Crippen LogP contribution < -0.4 is 4.74 Å². The van der Waals surface area contributed by atoms with Crippen molar-refractivity contribution in [1.82, 2.24) is 0 Å². The van der Waals surface area contributed by atoms with Crippen molar-refractivity contribution in [2.24, 2.45) is 0 Å². The number of rotatable bonds is 3. The molecule has 1 aromatic rings. The van der Waals surface area contributed by atoms with Gasteiger partial charge in [-0.2, -0.15) is 8.78 Å². The SMILES string of the molecule is O=C(O)c1ccccc1OC(F)F.O[B]O. The Morgan fingerprint density at radius 3 is 2.25 bits per heavy atom. The molecule has 0 saturated heterocycles. The molecule has 1 rings (SSSR count). The molecule has 16 heavy (non-hydrogen) atoms. The lowest BCUT2D eigenvalue weighted by molar-refractivity contribution is -0.0503. The maximum absolute atomic E-state index is 11.7. The number of aromatic carboxylic acids is 1. The highest BCUT2D eigenvalue weighted by Gasteiger charge is 2.13. The molecule has 0 atom stereocenters. The standard InChI is InChI=1S/C8H6F2O3.BH2O2/c9-8(10)13-6-4-2-1-3-5(6)7(11)12;2-1-3/h1-4,8H,(H,11,12);2-3H. The summed E-state index contributed by atoms with van der Waals surface area (Å²) >= 11 is 0. The molecule has 5 nitrogen and oxygen atoms in total. The van der Waals surface area contributed by atoms with E-state index >= 15 is 0 Å². The third-order valence-corrected chi connectivity index (χ3v) is 1.33. The van der Waals surface area contributed by atoms with E-state index in [1.165, 1.54) is 24.3 Å². The number of alkyl halides is 2. The van der Waals surface area contributed by atoms with Gasteiger partial charge >= 0.3 is 20.3 Å². The minimum absolute atomic E-state index is 0. The first-order valence-corrected chi connectivity index (χ1v) is 3.90. The zero-order chi connectivity index (χ0) is 12.6. The first-order chi connectivity index (χ1) is 7.52. The second-order valence-electron chi connectivity index (χ2n) is 2.30. The summed E-state index contributed by atoms with van der Waals surface area (Å²) in [6, 6.07) is 5.22. The molecule has 1 aromatic carbocycles. The number of carboxylic acid groups (broad SMARTS) is 1. The summed E-state index contributed by atoms with van der Waals surface area (Å²) in [6.07, 6.45) is 0. The minimum atomic E-state index is -3.01. The largest absolute Gasteiger partial charge is 0.482 e. The number of hydrogen-bond donors (Lipinski definition) is 3. The fraction of sp³-hybridized carbons (Fsp3) is 0.125. The third-order valence-electron chi connectivity index (χ3n) is 1.33. The van der Waals surface area contributed by atoms with E-state index in [1.54, 1.807) is 0 Å². The summed E-state index contributed by atoms with van der Waals surface area (Å²) in [7, 11) is 0. The fourth-order valence-electron chi connectivity index (χ4n) is 0.842. The smallest absolute Gasteiger partial charge is 0.478 e. The van der Waals surface area contributed by atoms with Gasteiger partial charge < -0.3 is 19.9 Å². The van der Waals surface area contributed by atoms with E-state index < -0.39 is 12.6 Å². The van der Waals surface area contributed by atoms with Crippen molar-refractivity contribution in [2.75, 3.05) is 0 Å². The van der Waals surface area contributed by atoms with Crippen LogP contribution >= 0.6 is 0 Å². The fourth-order valence-corrected chi connectivity index (χ4v) is 0.842. The molecule has 0 aliphatic rings. The van der Waals surface area contributed by atoms with Gasteiger partial charge in [0.1, 0.15) is 11.3 Å². The molecule has 87 valence electrons. The molecule has 8 heteroatoms. The lowest BCUT2D eigenvalue weighted by Gasteiger charge is -2.06. The maximum Gasteiger partial charge on any atom is 0.482 e. The van der Waals surface area contributed by atoms with E-state index in [0.29, 0.717) is 0 Å². The average Bonchev–Trinajstić information content (AvgIpc) is 2.18. The first-order valence-electron chi connectivity index (χ1n) is 3.90. The van der Waals surface area contributed by atoms with Crippen molar-refractivity contribution in [3.05, 3.63) is 29.8 Å². The average molecular weight is 233 g/mol. The van der Waals surface area contributed by atoms with Gasteiger partial charge in [-0.3, -0.25) is 0 Å². The molecule has 0 bridgehead atoms. The molecular weight excluding hydrogens is 225 g/mol. The van der Waals surface area contributed by atoms with Gasteiger partial charge in [0, 0.05) is 0 Å². The van der Waals surface area contributed by atoms with Gasteiger partial charge in [-0.25, -0.2) is 4.79 Å². The van der Waals surface area contributed by atoms with Gasteiger partial charge in [0.25, 0.3) is 0 Å². The number of benzene rings is 1. The molecule has 0 aromatic heterocycles. The quantitative estimate of drug-likeness (QED) is 0.661. The molecule has 0 heterocycles. The van der Waals surface area contributed by atoms with Gasteiger partial charge in [0.05, 0.1) is 0 Å². The zero-order valence-corrected chi connectivity index (χ0v) is 7.88. The van der Waals surface area contributed by atoms with Crippen molar-refractivity contribution in [3.8, 4) is 5.75 Å². The summed E-state index contributed by atoms with van der Waals surface area (Å²) < 4.78 is 27.5. The minimum Gasteiger partial charge on any atom is -0.478 e. The van der Waals surface area contributed by atoms with E-state index in [1.807, 2.05) is 0 Å². The Hall–Kier alpha value is -1.67. The van der Waals surface area contributed by atoms with E-state index in [-0.39, 0.29) is 19.0 Å². The van der Waals surface area contributed by atoms with Gasteiger partial charge in [-0.15, -0.1) is 0 Å². The number of carboxylic acids is 1. The monoisotopic (exact) mass is 233 g/mol. The van der Waals surface area contributed by atoms with Crippen LogP contribution in [0.5, 0.6) is 5.75 Å². The molecular formula is C8H8BF2O5. The summed E-state index contributed by atoms with van der Waals surface area (Å²) in [5.41, 5.74) is -0.275. The Morgan fingerprint density at radius 1 is 1.31 bits per heavy atom. The highest BCUT2D eigenvalue weighted by molar-refractivity contribution is 6.13.